The summed E-state index contributed by atoms with van der Waals surface area (Å²) in [7, 11) is 0. The van der Waals surface area contributed by atoms with E-state index in [2.05, 4.69) is 11.3 Å². The van der Waals surface area contributed by atoms with Crippen molar-refractivity contribution in [2.75, 3.05) is 0 Å². The molecule has 1 aliphatic heterocycles. The number of ether oxygens (including phenoxy) is 1. The van der Waals surface area contributed by atoms with Crippen molar-refractivity contribution in [3.05, 3.63) is 36.4 Å². The van der Waals surface area contributed by atoms with Crippen LogP contribution in [0.25, 0.3) is 5.57 Å². The predicted octanol–water partition coefficient (Wildman–Crippen LogP) is 2.69. The lowest BCUT2D eigenvalue weighted by atomic mass is 10.1. The Balaban J connectivity index is 2.57. The molecule has 0 radical (unpaired) electrons. The van der Waals surface area contributed by atoms with Crippen molar-refractivity contribution >= 4 is 5.57 Å². The molecule has 0 amide bonds. The maximum atomic E-state index is 12.8. The number of hydrogen-bond donors (Lipinski definition) is 0. The Kier molecular flexibility index (Phi) is 1.25. The molecule has 1 nitrogen and oxygen atoms in total. The van der Waals surface area contributed by atoms with Crippen molar-refractivity contribution in [2.24, 2.45) is 0 Å². The van der Waals surface area contributed by atoms with Gasteiger partial charge in [0.25, 0.3) is 0 Å². The summed E-state index contributed by atoms with van der Waals surface area (Å²) in [6.45, 7) is 3.27. The van der Waals surface area contributed by atoms with Crippen LogP contribution in [0.3, 0.4) is 0 Å². The molecule has 1 aromatic rings. The molecule has 0 bridgehead atoms. The molecule has 62 valence electrons. The fraction of sp³-hybridized carbons (Fsp3) is 0.111. The zero-order valence-corrected chi connectivity index (χ0v) is 6.18. The number of alkyl halides is 2. The van der Waals surface area contributed by atoms with Gasteiger partial charge in [-0.3, -0.25) is 0 Å². The van der Waals surface area contributed by atoms with Crippen molar-refractivity contribution in [1.82, 2.24) is 0 Å². The van der Waals surface area contributed by atoms with Gasteiger partial charge in [0.2, 0.25) is 0 Å². The van der Waals surface area contributed by atoms with E-state index in [0.717, 1.165) is 0 Å². The second kappa shape index (κ2) is 2.06. The lowest BCUT2D eigenvalue weighted by molar-refractivity contribution is -0.111. The Labute approximate surface area is 68.3 Å². The van der Waals surface area contributed by atoms with Gasteiger partial charge in [0.15, 0.2) is 0 Å². The first-order chi connectivity index (χ1) is 5.61. The van der Waals surface area contributed by atoms with E-state index < -0.39 is 6.11 Å². The summed E-state index contributed by atoms with van der Waals surface area (Å²) in [4.78, 5) is 0. The monoisotopic (exact) mass is 168 g/mol. The highest BCUT2D eigenvalue weighted by atomic mass is 19.3. The molecular weight excluding hydrogens is 162 g/mol. The number of para-hydroxylation sites is 1. The standard InChI is InChI=1S/C9H6F2O/c1-6-7-4-2-3-5-8(7)12-9(6,10)11/h2-5H,1H2. The quantitative estimate of drug-likeness (QED) is 0.578. The Morgan fingerprint density at radius 2 is 1.92 bits per heavy atom. The van der Waals surface area contributed by atoms with Crippen LogP contribution in [0.1, 0.15) is 5.56 Å². The molecule has 0 fully saturated rings. The van der Waals surface area contributed by atoms with E-state index in [-0.39, 0.29) is 11.3 Å². The minimum atomic E-state index is -3.23. The molecule has 0 atom stereocenters. The summed E-state index contributed by atoms with van der Waals surface area (Å²) in [5.41, 5.74) is 0.126. The SMILES string of the molecule is C=C1c2ccccc2OC1(F)F. The highest BCUT2D eigenvalue weighted by molar-refractivity contribution is 5.76. The summed E-state index contributed by atoms with van der Waals surface area (Å²) in [5.74, 6) is 0.201. The number of fused-ring (bicyclic) bond motifs is 1. The fourth-order valence-corrected chi connectivity index (χ4v) is 1.16. The van der Waals surface area contributed by atoms with Gasteiger partial charge in [0, 0.05) is 5.56 Å². The van der Waals surface area contributed by atoms with E-state index in [1.165, 1.54) is 6.07 Å². The number of halogens is 2. The van der Waals surface area contributed by atoms with Crippen LogP contribution in [0, 0.1) is 0 Å². The minimum absolute atomic E-state index is 0.201. The van der Waals surface area contributed by atoms with Crippen molar-refractivity contribution in [3.8, 4) is 5.75 Å². The Bertz CT molecular complexity index is 344. The molecule has 0 N–H and O–H groups in total. The third kappa shape index (κ3) is 0.826. The van der Waals surface area contributed by atoms with Gasteiger partial charge in [-0.15, -0.1) is 0 Å². The van der Waals surface area contributed by atoms with E-state index in [9.17, 15) is 8.78 Å². The van der Waals surface area contributed by atoms with E-state index >= 15 is 0 Å². The Morgan fingerprint density at radius 1 is 1.25 bits per heavy atom. The molecule has 0 saturated heterocycles. The molecule has 1 aliphatic rings. The van der Waals surface area contributed by atoms with Gasteiger partial charge in [0.05, 0.1) is 5.57 Å². The topological polar surface area (TPSA) is 9.23 Å². The first-order valence-corrected chi connectivity index (χ1v) is 3.47. The summed E-state index contributed by atoms with van der Waals surface area (Å²) >= 11 is 0. The smallest absolute Gasteiger partial charge is 0.426 e. The number of benzene rings is 1. The van der Waals surface area contributed by atoms with Gasteiger partial charge in [-0.05, 0) is 6.07 Å². The lowest BCUT2D eigenvalue weighted by Gasteiger charge is -2.07. The van der Waals surface area contributed by atoms with Crippen LogP contribution in [0.2, 0.25) is 0 Å². The van der Waals surface area contributed by atoms with E-state index in [4.69, 9.17) is 0 Å². The second-order valence-corrected chi connectivity index (χ2v) is 2.59. The van der Waals surface area contributed by atoms with Crippen molar-refractivity contribution in [1.29, 1.82) is 0 Å². The van der Waals surface area contributed by atoms with Gasteiger partial charge in [-0.25, -0.2) is 0 Å². The Hall–Kier alpha value is -1.38. The molecule has 0 spiro atoms. The number of hydrogen-bond acceptors (Lipinski definition) is 1. The summed E-state index contributed by atoms with van der Waals surface area (Å²) < 4.78 is 30.0. The van der Waals surface area contributed by atoms with Crippen LogP contribution in [0.4, 0.5) is 8.78 Å². The third-order valence-corrected chi connectivity index (χ3v) is 1.80. The molecule has 3 heteroatoms. The molecule has 1 aromatic carbocycles. The predicted molar refractivity (Wildman–Crippen MR) is 41.1 cm³/mol. The molecular formula is C9H6F2O. The van der Waals surface area contributed by atoms with Crippen molar-refractivity contribution in [2.45, 2.75) is 6.11 Å². The molecule has 0 saturated carbocycles. The molecule has 12 heavy (non-hydrogen) atoms. The maximum absolute atomic E-state index is 12.8. The summed E-state index contributed by atoms with van der Waals surface area (Å²) in [6, 6.07) is 6.39. The molecule has 2 rings (SSSR count). The van der Waals surface area contributed by atoms with Crippen LogP contribution >= 0.6 is 0 Å². The molecule has 0 aromatic heterocycles. The van der Waals surface area contributed by atoms with Gasteiger partial charge in [-0.2, -0.15) is 8.78 Å². The molecule has 0 unspecified atom stereocenters. The molecule has 1 heterocycles. The van der Waals surface area contributed by atoms with Gasteiger partial charge >= 0.3 is 6.11 Å². The lowest BCUT2D eigenvalue weighted by Crippen LogP contribution is -2.19. The van der Waals surface area contributed by atoms with E-state index in [1.54, 1.807) is 18.2 Å². The van der Waals surface area contributed by atoms with E-state index in [0.29, 0.717) is 5.56 Å². The van der Waals surface area contributed by atoms with Crippen LogP contribution in [0.5, 0.6) is 5.75 Å². The zero-order valence-electron chi connectivity index (χ0n) is 6.18. The largest absolute Gasteiger partial charge is 0.428 e. The van der Waals surface area contributed by atoms with Crippen molar-refractivity contribution < 1.29 is 13.5 Å². The van der Waals surface area contributed by atoms with Crippen LogP contribution in [-0.4, -0.2) is 6.11 Å². The van der Waals surface area contributed by atoms with E-state index in [1.807, 2.05) is 0 Å². The van der Waals surface area contributed by atoms with Gasteiger partial charge in [0.1, 0.15) is 5.75 Å². The third-order valence-electron chi connectivity index (χ3n) is 1.80. The van der Waals surface area contributed by atoms with Crippen molar-refractivity contribution in [3.63, 3.8) is 0 Å². The zero-order chi connectivity index (χ0) is 8.77. The van der Waals surface area contributed by atoms with Crippen LogP contribution in [0.15, 0.2) is 30.8 Å². The average molecular weight is 168 g/mol. The highest BCUT2D eigenvalue weighted by Gasteiger charge is 2.43. The Morgan fingerprint density at radius 3 is 2.58 bits per heavy atom. The molecule has 0 aliphatic carbocycles. The number of rotatable bonds is 0. The highest BCUT2D eigenvalue weighted by Crippen LogP contribution is 2.44. The maximum Gasteiger partial charge on any atom is 0.426 e. The first-order valence-electron chi connectivity index (χ1n) is 3.47. The van der Waals surface area contributed by atoms with Gasteiger partial charge in [-0.1, -0.05) is 24.8 Å². The fourth-order valence-electron chi connectivity index (χ4n) is 1.16. The first kappa shape index (κ1) is 7.28. The van der Waals surface area contributed by atoms with Crippen LogP contribution < -0.4 is 4.74 Å². The van der Waals surface area contributed by atoms with Crippen LogP contribution in [-0.2, 0) is 0 Å². The van der Waals surface area contributed by atoms with Gasteiger partial charge < -0.3 is 4.74 Å². The summed E-state index contributed by atoms with van der Waals surface area (Å²) in [6.07, 6.45) is -3.23. The minimum Gasteiger partial charge on any atom is -0.428 e. The second-order valence-electron chi connectivity index (χ2n) is 2.59. The summed E-state index contributed by atoms with van der Waals surface area (Å²) in [5, 5.41) is 0. The normalized spacial score (nSPS) is 18.7. The average Bonchev–Trinajstić information content (AvgIpc) is 2.24.